The van der Waals surface area contributed by atoms with Crippen molar-refractivity contribution in [1.29, 1.82) is 0 Å². The number of hydrogen-bond donors (Lipinski definition) is 3. The van der Waals surface area contributed by atoms with E-state index in [1.807, 2.05) is 6.07 Å². The van der Waals surface area contributed by atoms with Gasteiger partial charge in [-0.05, 0) is 63.5 Å². The van der Waals surface area contributed by atoms with E-state index in [0.29, 0.717) is 29.2 Å². The molecule has 1 amide bonds. The molecule has 0 spiro atoms. The molecule has 188 valence electrons. The van der Waals surface area contributed by atoms with Crippen molar-refractivity contribution < 1.29 is 9.90 Å². The zero-order valence-corrected chi connectivity index (χ0v) is 20.5. The smallest absolute Gasteiger partial charge is 0.233 e. The second-order valence-electron chi connectivity index (χ2n) is 10.0. The van der Waals surface area contributed by atoms with Crippen LogP contribution in [-0.4, -0.2) is 52.1 Å². The number of rotatable bonds is 6. The Balaban J connectivity index is 1.33. The number of carbonyl (C=O) groups excluding carboxylic acids is 1. The van der Waals surface area contributed by atoms with Crippen LogP contribution in [0.15, 0.2) is 18.2 Å². The lowest BCUT2D eigenvalue weighted by Crippen LogP contribution is -2.34. The minimum Gasteiger partial charge on any atom is -0.506 e. The molecule has 2 aliphatic heterocycles. The maximum Gasteiger partial charge on any atom is 0.233 e. The Morgan fingerprint density at radius 1 is 0.800 bits per heavy atom. The molecular weight excluding hydrogens is 442 g/mol. The molecule has 0 bridgehead atoms. The summed E-state index contributed by atoms with van der Waals surface area (Å²) in [6, 6.07) is 5.18. The predicted octanol–water partition coefficient (Wildman–Crippen LogP) is 4.82. The summed E-state index contributed by atoms with van der Waals surface area (Å²) in [6.07, 6.45) is 12.3. The minimum absolute atomic E-state index is 0.00415. The van der Waals surface area contributed by atoms with Crippen molar-refractivity contribution in [3.05, 3.63) is 18.2 Å². The first-order valence-corrected chi connectivity index (χ1v) is 13.3. The molecule has 1 aliphatic carbocycles. The summed E-state index contributed by atoms with van der Waals surface area (Å²) in [5.41, 5.74) is 1.10. The number of piperidine rings is 2. The number of aromatic hydroxyl groups is 1. The summed E-state index contributed by atoms with van der Waals surface area (Å²) in [5.74, 6) is 1.95. The Kier molecular flexibility index (Phi) is 7.49. The van der Waals surface area contributed by atoms with Crippen molar-refractivity contribution in [2.45, 2.75) is 70.6 Å². The number of phenolic OH excluding ortho intramolecular Hbond substituents is 1. The maximum absolute atomic E-state index is 12.6. The van der Waals surface area contributed by atoms with E-state index in [9.17, 15) is 9.90 Å². The fourth-order valence-electron chi connectivity index (χ4n) is 5.32. The molecule has 3 fully saturated rings. The van der Waals surface area contributed by atoms with Gasteiger partial charge < -0.3 is 25.5 Å². The van der Waals surface area contributed by atoms with Gasteiger partial charge >= 0.3 is 0 Å². The number of phenols is 1. The first kappa shape index (κ1) is 23.6. The van der Waals surface area contributed by atoms with Gasteiger partial charge in [-0.2, -0.15) is 15.0 Å². The van der Waals surface area contributed by atoms with Crippen LogP contribution in [0.5, 0.6) is 5.75 Å². The summed E-state index contributed by atoms with van der Waals surface area (Å²) < 4.78 is 0. The van der Waals surface area contributed by atoms with Crippen molar-refractivity contribution in [2.75, 3.05) is 46.6 Å². The molecule has 5 rings (SSSR count). The van der Waals surface area contributed by atoms with Crippen molar-refractivity contribution in [3.63, 3.8) is 0 Å². The van der Waals surface area contributed by atoms with Crippen LogP contribution in [0.3, 0.4) is 0 Å². The minimum atomic E-state index is -0.00415. The number of carbonyl (C=O) groups is 1. The average Bonchev–Trinajstić information content (AvgIpc) is 2.91. The quantitative estimate of drug-likeness (QED) is 0.506. The van der Waals surface area contributed by atoms with E-state index in [1.54, 1.807) is 12.1 Å². The first-order valence-electron chi connectivity index (χ1n) is 13.3. The molecular formula is C26H37N7O2. The average molecular weight is 480 g/mol. The second-order valence-corrected chi connectivity index (χ2v) is 10.0. The molecule has 3 heterocycles. The lowest BCUT2D eigenvalue weighted by molar-refractivity contribution is -0.120. The largest absolute Gasteiger partial charge is 0.506 e. The standard InChI is InChI=1S/C26H37N7O2/c34-22-18-20(12-13-21(22)28-23(35)19-10-4-1-5-11-19)27-24-29-25(32-14-6-2-7-15-32)31-26(30-24)33-16-8-3-9-17-33/h12-13,18-19,34H,1-11,14-17H2,(H,28,35)(H,27,29,30,31). The molecule has 1 aromatic carbocycles. The van der Waals surface area contributed by atoms with Gasteiger partial charge in [-0.1, -0.05) is 19.3 Å². The third kappa shape index (κ3) is 5.94. The van der Waals surface area contributed by atoms with Gasteiger partial charge in [0.2, 0.25) is 23.8 Å². The highest BCUT2D eigenvalue weighted by atomic mass is 16.3. The highest BCUT2D eigenvalue weighted by Gasteiger charge is 2.23. The van der Waals surface area contributed by atoms with Crippen LogP contribution in [0, 0.1) is 5.92 Å². The van der Waals surface area contributed by atoms with Gasteiger partial charge in [-0.15, -0.1) is 0 Å². The number of aromatic nitrogens is 3. The van der Waals surface area contributed by atoms with Crippen LogP contribution in [0.2, 0.25) is 0 Å². The topological polar surface area (TPSA) is 107 Å². The van der Waals surface area contributed by atoms with Crippen LogP contribution in [0.1, 0.15) is 70.6 Å². The third-order valence-electron chi connectivity index (χ3n) is 7.38. The van der Waals surface area contributed by atoms with Crippen molar-refractivity contribution in [3.8, 4) is 5.75 Å². The molecule has 9 nitrogen and oxygen atoms in total. The fourth-order valence-corrected chi connectivity index (χ4v) is 5.32. The van der Waals surface area contributed by atoms with Crippen LogP contribution in [0.25, 0.3) is 0 Å². The second kappa shape index (κ2) is 11.1. The number of anilines is 5. The number of hydrogen-bond acceptors (Lipinski definition) is 8. The van der Waals surface area contributed by atoms with Gasteiger partial charge in [0, 0.05) is 43.9 Å². The molecule has 2 aromatic rings. The van der Waals surface area contributed by atoms with Crippen molar-refractivity contribution in [1.82, 2.24) is 15.0 Å². The van der Waals surface area contributed by atoms with Gasteiger partial charge in [0.05, 0.1) is 5.69 Å². The molecule has 3 N–H and O–H groups in total. The Labute approximate surface area is 207 Å². The van der Waals surface area contributed by atoms with Crippen LogP contribution in [0.4, 0.5) is 29.2 Å². The summed E-state index contributed by atoms with van der Waals surface area (Å²) in [5, 5.41) is 16.8. The van der Waals surface area contributed by atoms with Crippen molar-refractivity contribution in [2.24, 2.45) is 5.92 Å². The first-order chi connectivity index (χ1) is 17.2. The third-order valence-corrected chi connectivity index (χ3v) is 7.38. The number of nitrogens with one attached hydrogen (secondary N) is 2. The molecule has 1 aromatic heterocycles. The van der Waals surface area contributed by atoms with Crippen molar-refractivity contribution >= 4 is 35.1 Å². The summed E-state index contributed by atoms with van der Waals surface area (Å²) >= 11 is 0. The lowest BCUT2D eigenvalue weighted by Gasteiger charge is -2.30. The van der Waals surface area contributed by atoms with E-state index < -0.39 is 0 Å². The molecule has 3 aliphatic rings. The summed E-state index contributed by atoms with van der Waals surface area (Å²) in [7, 11) is 0. The SMILES string of the molecule is O=C(Nc1ccc(Nc2nc(N3CCCCC3)nc(N3CCCCC3)n2)cc1O)C1CCCCC1. The number of benzene rings is 1. The molecule has 9 heteroatoms. The van der Waals surface area contributed by atoms with E-state index in [-0.39, 0.29) is 17.6 Å². The number of nitrogens with zero attached hydrogens (tertiary/aromatic N) is 5. The van der Waals surface area contributed by atoms with E-state index in [1.165, 1.54) is 19.3 Å². The zero-order valence-electron chi connectivity index (χ0n) is 20.5. The van der Waals surface area contributed by atoms with Gasteiger partial charge in [0.1, 0.15) is 5.75 Å². The van der Waals surface area contributed by atoms with Gasteiger partial charge in [0.25, 0.3) is 0 Å². The highest BCUT2D eigenvalue weighted by molar-refractivity contribution is 5.94. The molecule has 0 unspecified atom stereocenters. The number of amides is 1. The maximum atomic E-state index is 12.6. The molecule has 2 saturated heterocycles. The molecule has 35 heavy (non-hydrogen) atoms. The van der Waals surface area contributed by atoms with Crippen LogP contribution in [-0.2, 0) is 4.79 Å². The van der Waals surface area contributed by atoms with E-state index >= 15 is 0 Å². The van der Waals surface area contributed by atoms with E-state index in [0.717, 1.165) is 77.5 Å². The molecule has 0 atom stereocenters. The predicted molar refractivity (Wildman–Crippen MR) is 139 cm³/mol. The van der Waals surface area contributed by atoms with E-state index in [4.69, 9.17) is 15.0 Å². The van der Waals surface area contributed by atoms with Crippen LogP contribution < -0.4 is 20.4 Å². The van der Waals surface area contributed by atoms with Gasteiger partial charge in [-0.3, -0.25) is 4.79 Å². The monoisotopic (exact) mass is 479 g/mol. The summed E-state index contributed by atoms with van der Waals surface area (Å²) in [4.78, 5) is 31.4. The normalized spacial score (nSPS) is 19.4. The molecule has 0 radical (unpaired) electrons. The Hall–Kier alpha value is -3.10. The Morgan fingerprint density at radius 3 is 1.94 bits per heavy atom. The Morgan fingerprint density at radius 2 is 1.37 bits per heavy atom. The molecule has 1 saturated carbocycles. The lowest BCUT2D eigenvalue weighted by atomic mass is 9.88. The van der Waals surface area contributed by atoms with E-state index in [2.05, 4.69) is 20.4 Å². The highest BCUT2D eigenvalue weighted by Crippen LogP contribution is 2.31. The fraction of sp³-hybridized carbons (Fsp3) is 0.615. The van der Waals surface area contributed by atoms with Gasteiger partial charge in [-0.25, -0.2) is 0 Å². The summed E-state index contributed by atoms with van der Waals surface area (Å²) in [6.45, 7) is 3.83. The zero-order chi connectivity index (χ0) is 24.0. The van der Waals surface area contributed by atoms with Gasteiger partial charge in [0.15, 0.2) is 0 Å². The van der Waals surface area contributed by atoms with Crippen LogP contribution >= 0.6 is 0 Å². The Bertz CT molecular complexity index is 977.